The smallest absolute Gasteiger partial charge is 0.341 e. The molecule has 0 unspecified atom stereocenters. The van der Waals surface area contributed by atoms with Gasteiger partial charge in [0.15, 0.2) is 0 Å². The lowest BCUT2D eigenvalue weighted by molar-refractivity contribution is -0.137. The van der Waals surface area contributed by atoms with Gasteiger partial charge < -0.3 is 15.5 Å². The van der Waals surface area contributed by atoms with Crippen LogP contribution in [0.1, 0.15) is 19.8 Å². The van der Waals surface area contributed by atoms with Gasteiger partial charge in [0.1, 0.15) is 0 Å². The molecule has 1 aromatic heterocycles. The Hall–Kier alpha value is -2.17. The van der Waals surface area contributed by atoms with Crippen LogP contribution in [-0.4, -0.2) is 23.8 Å². The van der Waals surface area contributed by atoms with Crippen molar-refractivity contribution in [3.05, 3.63) is 35.8 Å². The van der Waals surface area contributed by atoms with Crippen molar-refractivity contribution in [3.8, 4) is 0 Å². The standard InChI is InChI=1S/C14H17N3O2/c1-2-19-14(18)12(8-15)13(10-5-6-10)17-11-4-3-7-16-9-11/h3-4,7-10,15,17H,2,5-6H2,1H3/b13-12+,15-8?. The van der Waals surface area contributed by atoms with E-state index in [-0.39, 0.29) is 0 Å². The van der Waals surface area contributed by atoms with Crippen LogP contribution in [0.4, 0.5) is 5.69 Å². The summed E-state index contributed by atoms with van der Waals surface area (Å²) < 4.78 is 4.99. The van der Waals surface area contributed by atoms with Gasteiger partial charge in [0.2, 0.25) is 0 Å². The molecule has 1 fully saturated rings. The van der Waals surface area contributed by atoms with Crippen molar-refractivity contribution in [2.75, 3.05) is 11.9 Å². The second-order valence-electron chi connectivity index (χ2n) is 4.33. The summed E-state index contributed by atoms with van der Waals surface area (Å²) in [5.74, 6) is -0.142. The van der Waals surface area contributed by atoms with Crippen LogP contribution >= 0.6 is 0 Å². The first-order chi connectivity index (χ1) is 9.26. The highest BCUT2D eigenvalue weighted by molar-refractivity contribution is 6.09. The molecule has 1 aliphatic rings. The Morgan fingerprint density at radius 2 is 2.42 bits per heavy atom. The quantitative estimate of drug-likeness (QED) is 0.467. The van der Waals surface area contributed by atoms with Crippen molar-refractivity contribution < 1.29 is 9.53 Å². The van der Waals surface area contributed by atoms with Gasteiger partial charge >= 0.3 is 5.97 Å². The summed E-state index contributed by atoms with van der Waals surface area (Å²) in [6, 6.07) is 3.70. The lowest BCUT2D eigenvalue weighted by Gasteiger charge is -2.13. The number of anilines is 1. The van der Waals surface area contributed by atoms with Crippen LogP contribution in [0.5, 0.6) is 0 Å². The molecule has 0 spiro atoms. The normalized spacial score (nSPS) is 15.4. The molecule has 2 rings (SSSR count). The molecule has 1 aliphatic carbocycles. The fourth-order valence-corrected chi connectivity index (χ4v) is 1.81. The average Bonchev–Trinajstić information content (AvgIpc) is 3.24. The minimum atomic E-state index is -0.448. The summed E-state index contributed by atoms with van der Waals surface area (Å²) in [7, 11) is 0. The van der Waals surface area contributed by atoms with Gasteiger partial charge in [-0.1, -0.05) is 0 Å². The fraction of sp³-hybridized carbons (Fsp3) is 0.357. The Bertz CT molecular complexity index is 493. The Morgan fingerprint density at radius 1 is 1.63 bits per heavy atom. The number of nitrogens with zero attached hydrogens (tertiary/aromatic N) is 1. The van der Waals surface area contributed by atoms with Gasteiger partial charge in [-0.15, -0.1) is 0 Å². The third-order valence-corrected chi connectivity index (χ3v) is 2.86. The zero-order valence-electron chi connectivity index (χ0n) is 10.8. The second-order valence-corrected chi connectivity index (χ2v) is 4.33. The van der Waals surface area contributed by atoms with Crippen LogP contribution in [0.3, 0.4) is 0 Å². The number of nitrogens with one attached hydrogen (secondary N) is 2. The van der Waals surface area contributed by atoms with Crippen LogP contribution in [-0.2, 0) is 9.53 Å². The Labute approximate surface area is 112 Å². The number of hydrogen-bond acceptors (Lipinski definition) is 5. The van der Waals surface area contributed by atoms with Crippen LogP contribution < -0.4 is 5.32 Å². The Morgan fingerprint density at radius 3 is 2.95 bits per heavy atom. The zero-order valence-corrected chi connectivity index (χ0v) is 10.8. The first-order valence-corrected chi connectivity index (χ1v) is 6.35. The van der Waals surface area contributed by atoms with E-state index in [1.54, 1.807) is 19.3 Å². The monoisotopic (exact) mass is 259 g/mol. The molecule has 2 N–H and O–H groups in total. The number of carbonyl (C=O) groups is 1. The summed E-state index contributed by atoms with van der Waals surface area (Å²) in [6.45, 7) is 2.06. The summed E-state index contributed by atoms with van der Waals surface area (Å²) >= 11 is 0. The highest BCUT2D eigenvalue weighted by atomic mass is 16.5. The first kappa shape index (κ1) is 13.3. The average molecular weight is 259 g/mol. The highest BCUT2D eigenvalue weighted by Gasteiger charge is 2.30. The molecular weight excluding hydrogens is 242 g/mol. The fourth-order valence-electron chi connectivity index (χ4n) is 1.81. The molecule has 0 bridgehead atoms. The SMILES string of the molecule is CCOC(=O)/C(C=N)=C(/Nc1cccnc1)C1CC1. The second kappa shape index (κ2) is 6.13. The lowest BCUT2D eigenvalue weighted by atomic mass is 10.1. The third-order valence-electron chi connectivity index (χ3n) is 2.86. The number of allylic oxidation sites excluding steroid dienone is 1. The number of carbonyl (C=O) groups excluding carboxylic acids is 1. The van der Waals surface area contributed by atoms with Crippen molar-refractivity contribution in [3.63, 3.8) is 0 Å². The molecule has 0 atom stereocenters. The molecule has 0 aromatic carbocycles. The number of aromatic nitrogens is 1. The van der Waals surface area contributed by atoms with Crippen molar-refractivity contribution in [2.45, 2.75) is 19.8 Å². The van der Waals surface area contributed by atoms with Gasteiger partial charge in [-0.25, -0.2) is 4.79 Å². The molecule has 19 heavy (non-hydrogen) atoms. The van der Waals surface area contributed by atoms with Gasteiger partial charge in [-0.2, -0.15) is 0 Å². The van der Waals surface area contributed by atoms with E-state index in [1.807, 2.05) is 12.1 Å². The van der Waals surface area contributed by atoms with E-state index in [4.69, 9.17) is 10.1 Å². The van der Waals surface area contributed by atoms with Crippen molar-refractivity contribution in [2.24, 2.45) is 5.92 Å². The van der Waals surface area contributed by atoms with E-state index in [0.29, 0.717) is 18.1 Å². The molecular formula is C14H17N3O2. The van der Waals surface area contributed by atoms with Gasteiger partial charge in [0, 0.05) is 18.1 Å². The summed E-state index contributed by atoms with van der Waals surface area (Å²) in [6.07, 6.45) is 6.50. The van der Waals surface area contributed by atoms with Crippen LogP contribution in [0.15, 0.2) is 35.8 Å². The molecule has 1 heterocycles. The van der Waals surface area contributed by atoms with E-state index in [9.17, 15) is 4.79 Å². The predicted molar refractivity (Wildman–Crippen MR) is 73.0 cm³/mol. The van der Waals surface area contributed by atoms with E-state index in [2.05, 4.69) is 10.3 Å². The Balaban J connectivity index is 2.27. The largest absolute Gasteiger partial charge is 0.462 e. The van der Waals surface area contributed by atoms with Crippen LogP contribution in [0.25, 0.3) is 0 Å². The molecule has 1 aromatic rings. The van der Waals surface area contributed by atoms with Crippen molar-refractivity contribution >= 4 is 17.9 Å². The number of hydrogen-bond donors (Lipinski definition) is 2. The molecule has 0 amide bonds. The van der Waals surface area contributed by atoms with Gasteiger partial charge in [-0.3, -0.25) is 4.98 Å². The highest BCUT2D eigenvalue weighted by Crippen LogP contribution is 2.38. The topological polar surface area (TPSA) is 75.1 Å². The maximum atomic E-state index is 11.9. The van der Waals surface area contributed by atoms with E-state index < -0.39 is 5.97 Å². The number of esters is 1. The molecule has 100 valence electrons. The molecule has 5 nitrogen and oxygen atoms in total. The minimum absolute atomic E-state index is 0.299. The van der Waals surface area contributed by atoms with E-state index in [1.165, 1.54) is 0 Å². The minimum Gasteiger partial charge on any atom is -0.462 e. The van der Waals surface area contributed by atoms with E-state index in [0.717, 1.165) is 30.4 Å². The molecule has 0 saturated heterocycles. The lowest BCUT2D eigenvalue weighted by Crippen LogP contribution is -2.16. The zero-order chi connectivity index (χ0) is 13.7. The maximum Gasteiger partial charge on any atom is 0.341 e. The van der Waals surface area contributed by atoms with Gasteiger partial charge in [0.05, 0.1) is 24.1 Å². The number of rotatable bonds is 6. The summed E-state index contributed by atoms with van der Waals surface area (Å²) in [5.41, 5.74) is 1.88. The number of pyridine rings is 1. The van der Waals surface area contributed by atoms with Crippen LogP contribution in [0.2, 0.25) is 0 Å². The summed E-state index contributed by atoms with van der Waals surface area (Å²) in [4.78, 5) is 15.9. The first-order valence-electron chi connectivity index (χ1n) is 6.35. The van der Waals surface area contributed by atoms with E-state index >= 15 is 0 Å². The molecule has 1 saturated carbocycles. The predicted octanol–water partition coefficient (Wildman–Crippen LogP) is 2.37. The van der Waals surface area contributed by atoms with Crippen molar-refractivity contribution in [1.29, 1.82) is 5.41 Å². The third kappa shape index (κ3) is 3.40. The molecule has 0 aliphatic heterocycles. The van der Waals surface area contributed by atoms with Crippen LogP contribution in [0, 0.1) is 11.3 Å². The Kier molecular flexibility index (Phi) is 4.28. The molecule has 5 heteroatoms. The van der Waals surface area contributed by atoms with Gasteiger partial charge in [-0.05, 0) is 37.8 Å². The molecule has 0 radical (unpaired) electrons. The maximum absolute atomic E-state index is 11.9. The van der Waals surface area contributed by atoms with Crippen molar-refractivity contribution in [1.82, 2.24) is 4.98 Å². The summed E-state index contributed by atoms with van der Waals surface area (Å²) in [5, 5.41) is 10.6. The number of ether oxygens (including phenoxy) is 1. The van der Waals surface area contributed by atoms with Gasteiger partial charge in [0.25, 0.3) is 0 Å².